The van der Waals surface area contributed by atoms with E-state index in [4.69, 9.17) is 0 Å². The Labute approximate surface area is 120 Å². The summed E-state index contributed by atoms with van der Waals surface area (Å²) in [4.78, 5) is 22.5. The quantitative estimate of drug-likeness (QED) is 0.634. The minimum absolute atomic E-state index is 0.0218. The van der Waals surface area contributed by atoms with Crippen LogP contribution in [-0.2, 0) is 0 Å². The Morgan fingerprint density at radius 3 is 2.38 bits per heavy atom. The van der Waals surface area contributed by atoms with Gasteiger partial charge in [-0.1, -0.05) is 19.3 Å². The lowest BCUT2D eigenvalue weighted by Crippen LogP contribution is -2.28. The van der Waals surface area contributed by atoms with Gasteiger partial charge in [-0.2, -0.15) is 9.36 Å². The number of non-ortho nitro benzene ring substituents is 1. The van der Waals surface area contributed by atoms with Crippen molar-refractivity contribution in [3.05, 3.63) is 44.9 Å². The van der Waals surface area contributed by atoms with Crippen LogP contribution in [0.4, 0.5) is 5.69 Å². The third kappa shape index (κ3) is 2.56. The van der Waals surface area contributed by atoms with E-state index in [-0.39, 0.29) is 17.4 Å². The number of nitro groups is 1. The molecule has 8 nitrogen and oxygen atoms in total. The highest BCUT2D eigenvalue weighted by Gasteiger charge is 2.20. The largest absolute Gasteiger partial charge is 0.368 e. The molecule has 0 amide bonds. The molecule has 1 aromatic carbocycles. The van der Waals surface area contributed by atoms with Crippen molar-refractivity contribution in [2.45, 2.75) is 38.1 Å². The van der Waals surface area contributed by atoms with Gasteiger partial charge in [-0.15, -0.1) is 0 Å². The molecule has 0 N–H and O–H groups in total. The van der Waals surface area contributed by atoms with Crippen molar-refractivity contribution < 1.29 is 4.92 Å². The molecule has 0 radical (unpaired) electrons. The molecule has 1 fully saturated rings. The van der Waals surface area contributed by atoms with Gasteiger partial charge in [0.15, 0.2) is 0 Å². The van der Waals surface area contributed by atoms with Crippen molar-refractivity contribution >= 4 is 5.69 Å². The second kappa shape index (κ2) is 5.47. The van der Waals surface area contributed by atoms with Crippen LogP contribution in [0.15, 0.2) is 29.1 Å². The molecule has 0 aliphatic heterocycles. The van der Waals surface area contributed by atoms with Gasteiger partial charge in [-0.25, -0.2) is 4.79 Å². The van der Waals surface area contributed by atoms with E-state index in [1.807, 2.05) is 0 Å². The molecule has 8 heteroatoms. The van der Waals surface area contributed by atoms with Gasteiger partial charge >= 0.3 is 5.69 Å². The van der Waals surface area contributed by atoms with Crippen molar-refractivity contribution in [1.29, 1.82) is 0 Å². The Hall–Kier alpha value is -2.51. The number of benzene rings is 1. The molecular formula is C13H15N5O3. The molecular weight excluding hydrogens is 274 g/mol. The van der Waals surface area contributed by atoms with Crippen LogP contribution in [0.3, 0.4) is 0 Å². The van der Waals surface area contributed by atoms with Crippen LogP contribution in [0, 0.1) is 10.1 Å². The monoisotopic (exact) mass is 289 g/mol. The summed E-state index contributed by atoms with van der Waals surface area (Å²) < 4.78 is 2.61. The van der Waals surface area contributed by atoms with Gasteiger partial charge in [0.2, 0.25) is 0 Å². The lowest BCUT2D eigenvalue weighted by atomic mass is 9.96. The van der Waals surface area contributed by atoms with Crippen molar-refractivity contribution in [3.63, 3.8) is 0 Å². The van der Waals surface area contributed by atoms with E-state index in [1.165, 1.54) is 40.0 Å². The molecule has 1 aliphatic rings. The summed E-state index contributed by atoms with van der Waals surface area (Å²) >= 11 is 0. The normalized spacial score (nSPS) is 16.0. The van der Waals surface area contributed by atoms with Crippen LogP contribution in [0.5, 0.6) is 0 Å². The maximum Gasteiger partial charge on any atom is 0.368 e. The molecule has 1 saturated carbocycles. The maximum absolute atomic E-state index is 12.4. The SMILES string of the molecule is O=c1n(-c2ccc([N+](=O)[O-])cc2)nnn1C1CCCCC1. The zero-order valence-electron chi connectivity index (χ0n) is 11.4. The molecule has 0 saturated heterocycles. The Morgan fingerprint density at radius 2 is 1.76 bits per heavy atom. The summed E-state index contributed by atoms with van der Waals surface area (Å²) in [5.74, 6) is 0. The van der Waals surface area contributed by atoms with E-state index in [2.05, 4.69) is 10.4 Å². The van der Waals surface area contributed by atoms with E-state index >= 15 is 0 Å². The summed E-state index contributed by atoms with van der Waals surface area (Å²) in [7, 11) is 0. The number of hydrogen-bond acceptors (Lipinski definition) is 5. The molecule has 21 heavy (non-hydrogen) atoms. The van der Waals surface area contributed by atoms with Crippen molar-refractivity contribution in [2.24, 2.45) is 0 Å². The van der Waals surface area contributed by atoms with E-state index in [1.54, 1.807) is 0 Å². The fraction of sp³-hybridized carbons (Fsp3) is 0.462. The zero-order valence-corrected chi connectivity index (χ0v) is 11.4. The number of nitrogens with zero attached hydrogens (tertiary/aromatic N) is 5. The lowest BCUT2D eigenvalue weighted by molar-refractivity contribution is -0.384. The highest BCUT2D eigenvalue weighted by molar-refractivity contribution is 5.39. The Morgan fingerprint density at radius 1 is 1.10 bits per heavy atom. The van der Waals surface area contributed by atoms with Crippen LogP contribution < -0.4 is 5.69 Å². The summed E-state index contributed by atoms with van der Waals surface area (Å²) in [5.41, 5.74) is 0.162. The van der Waals surface area contributed by atoms with Crippen LogP contribution in [0.25, 0.3) is 5.69 Å². The fourth-order valence-corrected chi connectivity index (χ4v) is 2.69. The summed E-state index contributed by atoms with van der Waals surface area (Å²) in [6.45, 7) is 0. The number of hydrogen-bond donors (Lipinski definition) is 0. The first-order valence-electron chi connectivity index (χ1n) is 6.96. The molecule has 0 unspecified atom stereocenters. The van der Waals surface area contributed by atoms with E-state index in [9.17, 15) is 14.9 Å². The first kappa shape index (κ1) is 13.5. The summed E-state index contributed by atoms with van der Waals surface area (Å²) in [6.07, 6.45) is 5.28. The van der Waals surface area contributed by atoms with Gasteiger partial charge in [-0.05, 0) is 35.4 Å². The van der Waals surface area contributed by atoms with Crippen molar-refractivity contribution in [3.8, 4) is 5.69 Å². The lowest BCUT2D eigenvalue weighted by Gasteiger charge is -2.19. The Balaban J connectivity index is 1.91. The topological polar surface area (TPSA) is 95.8 Å². The molecule has 2 aromatic rings. The van der Waals surface area contributed by atoms with Gasteiger partial charge in [0.1, 0.15) is 0 Å². The van der Waals surface area contributed by atoms with Crippen molar-refractivity contribution in [2.75, 3.05) is 0 Å². The van der Waals surface area contributed by atoms with Crippen LogP contribution in [0.1, 0.15) is 38.1 Å². The van der Waals surface area contributed by atoms with E-state index < -0.39 is 4.92 Å². The minimum Gasteiger partial charge on any atom is -0.258 e. The smallest absolute Gasteiger partial charge is 0.258 e. The first-order valence-corrected chi connectivity index (χ1v) is 6.96. The molecule has 1 aliphatic carbocycles. The standard InChI is InChI=1S/C13H15N5O3/c19-13-16(10-4-2-1-3-5-10)14-15-17(13)11-6-8-12(9-7-11)18(20)21/h6-10H,1-5H2. The highest BCUT2D eigenvalue weighted by Crippen LogP contribution is 2.26. The third-order valence-corrected chi connectivity index (χ3v) is 3.83. The second-order valence-electron chi connectivity index (χ2n) is 5.18. The van der Waals surface area contributed by atoms with Crippen LogP contribution >= 0.6 is 0 Å². The predicted octanol–water partition coefficient (Wildman–Crippen LogP) is 1.84. The minimum atomic E-state index is -0.481. The van der Waals surface area contributed by atoms with E-state index in [0.717, 1.165) is 25.7 Å². The third-order valence-electron chi connectivity index (χ3n) is 3.83. The van der Waals surface area contributed by atoms with Gasteiger partial charge < -0.3 is 0 Å². The fourth-order valence-electron chi connectivity index (χ4n) is 2.69. The molecule has 1 aromatic heterocycles. The molecule has 3 rings (SSSR count). The number of nitro benzene ring substituents is 1. The summed E-state index contributed by atoms with van der Waals surface area (Å²) in [5, 5.41) is 18.5. The van der Waals surface area contributed by atoms with Crippen LogP contribution in [0.2, 0.25) is 0 Å². The average Bonchev–Trinajstić information content (AvgIpc) is 2.90. The Bertz CT molecular complexity index is 697. The maximum atomic E-state index is 12.4. The van der Waals surface area contributed by atoms with Gasteiger partial charge in [0.05, 0.1) is 16.7 Å². The number of rotatable bonds is 3. The van der Waals surface area contributed by atoms with Gasteiger partial charge in [0.25, 0.3) is 5.69 Å². The molecule has 0 spiro atoms. The molecule has 0 atom stereocenters. The van der Waals surface area contributed by atoms with Crippen molar-refractivity contribution in [1.82, 2.24) is 19.8 Å². The number of aromatic nitrogens is 4. The molecule has 110 valence electrons. The number of tetrazole rings is 1. The van der Waals surface area contributed by atoms with E-state index in [0.29, 0.717) is 5.69 Å². The van der Waals surface area contributed by atoms with Crippen LogP contribution in [-0.4, -0.2) is 24.7 Å². The van der Waals surface area contributed by atoms with Gasteiger partial charge in [-0.3, -0.25) is 10.1 Å². The Kier molecular flexibility index (Phi) is 3.51. The summed E-state index contributed by atoms with van der Waals surface area (Å²) in [6, 6.07) is 5.81. The predicted molar refractivity (Wildman–Crippen MR) is 74.4 cm³/mol. The average molecular weight is 289 g/mol. The first-order chi connectivity index (χ1) is 10.2. The zero-order chi connectivity index (χ0) is 14.8. The molecule has 1 heterocycles. The second-order valence-corrected chi connectivity index (χ2v) is 5.18. The van der Waals surface area contributed by atoms with Gasteiger partial charge in [0, 0.05) is 12.1 Å². The highest BCUT2D eigenvalue weighted by atomic mass is 16.6. The molecule has 0 bridgehead atoms.